The summed E-state index contributed by atoms with van der Waals surface area (Å²) >= 11 is 6.66. The number of hydrazine groups is 1. The van der Waals surface area contributed by atoms with Crippen LogP contribution in [0.3, 0.4) is 0 Å². The molecule has 2 aromatic carbocycles. The normalized spacial score (nSPS) is 18.2. The highest BCUT2D eigenvalue weighted by Crippen LogP contribution is 2.44. The molecule has 0 aromatic heterocycles. The van der Waals surface area contributed by atoms with Crippen molar-refractivity contribution in [1.82, 2.24) is 5.43 Å². The fourth-order valence-corrected chi connectivity index (χ4v) is 4.21. The Morgan fingerprint density at radius 1 is 1.14 bits per heavy atom. The number of thiocarbonyl (C=S) groups is 1. The second-order valence-corrected chi connectivity index (χ2v) is 7.77. The molecule has 1 saturated heterocycles. The summed E-state index contributed by atoms with van der Waals surface area (Å²) in [6, 6.07) is 14.6. The van der Waals surface area contributed by atoms with Gasteiger partial charge in [-0.15, -0.1) is 0 Å². The molecule has 2 N–H and O–H groups in total. The van der Waals surface area contributed by atoms with Crippen molar-refractivity contribution in [1.29, 1.82) is 0 Å². The van der Waals surface area contributed by atoms with E-state index in [1.54, 1.807) is 24.3 Å². The molecule has 9 heteroatoms. The number of para-hydroxylation sites is 2. The molecular formula is C19H16N4O3S2. The zero-order valence-corrected chi connectivity index (χ0v) is 16.7. The minimum absolute atomic E-state index is 0.200. The molecule has 4 rings (SSSR count). The Labute approximate surface area is 171 Å². The molecule has 0 radical (unpaired) electrons. The Bertz CT molecular complexity index is 1020. The van der Waals surface area contributed by atoms with E-state index < -0.39 is 0 Å². The van der Waals surface area contributed by atoms with Crippen LogP contribution in [0.15, 0.2) is 59.3 Å². The number of hydrogen-bond donors (Lipinski definition) is 2. The van der Waals surface area contributed by atoms with Crippen molar-refractivity contribution in [3.8, 4) is 5.75 Å². The van der Waals surface area contributed by atoms with Crippen LogP contribution in [0, 0.1) is 0 Å². The van der Waals surface area contributed by atoms with Crippen LogP contribution in [-0.2, 0) is 9.59 Å². The third-order valence-electron chi connectivity index (χ3n) is 4.21. The molecule has 2 amide bonds. The lowest BCUT2D eigenvalue weighted by molar-refractivity contribution is -0.118. The van der Waals surface area contributed by atoms with Gasteiger partial charge in [0.25, 0.3) is 5.91 Å². The van der Waals surface area contributed by atoms with Gasteiger partial charge in [-0.1, -0.05) is 24.4 Å². The van der Waals surface area contributed by atoms with Gasteiger partial charge in [-0.3, -0.25) is 25.3 Å². The lowest BCUT2D eigenvalue weighted by Crippen LogP contribution is -2.29. The van der Waals surface area contributed by atoms with Gasteiger partial charge in [0.1, 0.15) is 4.91 Å². The van der Waals surface area contributed by atoms with Crippen LogP contribution in [-0.4, -0.2) is 23.2 Å². The van der Waals surface area contributed by atoms with Crippen molar-refractivity contribution in [2.45, 2.75) is 6.92 Å². The molecule has 2 aliphatic rings. The summed E-state index contributed by atoms with van der Waals surface area (Å²) in [6.07, 6.45) is 0. The summed E-state index contributed by atoms with van der Waals surface area (Å²) in [7, 11) is 1.86. The molecule has 28 heavy (non-hydrogen) atoms. The van der Waals surface area contributed by atoms with Crippen molar-refractivity contribution in [3.05, 3.63) is 59.3 Å². The van der Waals surface area contributed by atoms with Crippen molar-refractivity contribution in [3.63, 3.8) is 0 Å². The Kier molecular flexibility index (Phi) is 4.70. The van der Waals surface area contributed by atoms with Gasteiger partial charge >= 0.3 is 0 Å². The molecule has 0 bridgehead atoms. The number of hydrogen-bond acceptors (Lipinski definition) is 7. The van der Waals surface area contributed by atoms with Crippen molar-refractivity contribution < 1.29 is 14.3 Å². The van der Waals surface area contributed by atoms with Gasteiger partial charge in [0.05, 0.1) is 17.1 Å². The fourth-order valence-electron chi connectivity index (χ4n) is 2.87. The molecule has 0 unspecified atom stereocenters. The zero-order valence-electron chi connectivity index (χ0n) is 15.1. The van der Waals surface area contributed by atoms with E-state index in [0.717, 1.165) is 5.69 Å². The second kappa shape index (κ2) is 7.17. The third-order valence-corrected chi connectivity index (χ3v) is 5.55. The van der Waals surface area contributed by atoms with Gasteiger partial charge in [0.2, 0.25) is 11.8 Å². The SMILES string of the molecule is CC(=O)NNc1ccc(N2C(=O)/C(=C3\Oc4ccccc4N3C)SC2=S)cc1. The van der Waals surface area contributed by atoms with E-state index in [1.807, 2.05) is 36.2 Å². The zero-order chi connectivity index (χ0) is 19.8. The Morgan fingerprint density at radius 2 is 1.86 bits per heavy atom. The maximum absolute atomic E-state index is 13.1. The first-order valence-corrected chi connectivity index (χ1v) is 9.62. The van der Waals surface area contributed by atoms with Crippen LogP contribution in [0.25, 0.3) is 0 Å². The first-order chi connectivity index (χ1) is 13.5. The van der Waals surface area contributed by atoms with Crippen LogP contribution in [0.5, 0.6) is 5.75 Å². The van der Waals surface area contributed by atoms with Crippen LogP contribution in [0.4, 0.5) is 17.1 Å². The molecule has 2 aromatic rings. The molecule has 142 valence electrons. The van der Waals surface area contributed by atoms with Crippen molar-refractivity contribution in [2.75, 3.05) is 22.3 Å². The van der Waals surface area contributed by atoms with E-state index in [4.69, 9.17) is 17.0 Å². The number of nitrogens with zero attached hydrogens (tertiary/aromatic N) is 2. The van der Waals surface area contributed by atoms with Gasteiger partial charge < -0.3 is 9.64 Å². The van der Waals surface area contributed by atoms with Crippen molar-refractivity contribution >= 4 is 57.2 Å². The highest BCUT2D eigenvalue weighted by molar-refractivity contribution is 8.27. The van der Waals surface area contributed by atoms with E-state index in [0.29, 0.717) is 32.2 Å². The molecular weight excluding hydrogens is 396 g/mol. The molecule has 0 saturated carbocycles. The van der Waals surface area contributed by atoms with Crippen molar-refractivity contribution in [2.24, 2.45) is 0 Å². The van der Waals surface area contributed by atoms with Crippen LogP contribution in [0.2, 0.25) is 0 Å². The van der Waals surface area contributed by atoms with Gasteiger partial charge in [-0.25, -0.2) is 0 Å². The molecule has 2 heterocycles. The lowest BCUT2D eigenvalue weighted by Gasteiger charge is -2.16. The minimum Gasteiger partial charge on any atom is -0.437 e. The molecule has 2 aliphatic heterocycles. The predicted molar refractivity (Wildman–Crippen MR) is 114 cm³/mol. The quantitative estimate of drug-likeness (QED) is 0.456. The number of rotatable bonds is 3. The Balaban J connectivity index is 1.59. The smallest absolute Gasteiger partial charge is 0.276 e. The number of amides is 2. The topological polar surface area (TPSA) is 73.9 Å². The number of ether oxygens (including phenoxy) is 1. The highest BCUT2D eigenvalue weighted by atomic mass is 32.2. The maximum atomic E-state index is 13.1. The summed E-state index contributed by atoms with van der Waals surface area (Å²) in [4.78, 5) is 27.8. The van der Waals surface area contributed by atoms with E-state index in [2.05, 4.69) is 10.9 Å². The molecule has 0 aliphatic carbocycles. The number of carbonyl (C=O) groups excluding carboxylic acids is 2. The number of nitrogens with one attached hydrogen (secondary N) is 2. The molecule has 0 spiro atoms. The summed E-state index contributed by atoms with van der Waals surface area (Å²) in [5, 5.41) is 0. The van der Waals surface area contributed by atoms with E-state index >= 15 is 0 Å². The Hall–Kier alpha value is -3.04. The van der Waals surface area contributed by atoms with Gasteiger partial charge in [-0.2, -0.15) is 0 Å². The van der Waals surface area contributed by atoms with Gasteiger partial charge in [-0.05, 0) is 48.2 Å². The van der Waals surface area contributed by atoms with Crippen LogP contribution < -0.4 is 25.4 Å². The summed E-state index contributed by atoms with van der Waals surface area (Å²) in [5.41, 5.74) is 7.51. The maximum Gasteiger partial charge on any atom is 0.276 e. The molecule has 1 fully saturated rings. The largest absolute Gasteiger partial charge is 0.437 e. The fraction of sp³-hybridized carbons (Fsp3) is 0.105. The minimum atomic E-state index is -0.229. The van der Waals surface area contributed by atoms with Crippen LogP contribution >= 0.6 is 24.0 Å². The molecule has 0 atom stereocenters. The predicted octanol–water partition coefficient (Wildman–Crippen LogP) is 3.21. The van der Waals surface area contributed by atoms with Gasteiger partial charge in [0.15, 0.2) is 10.1 Å². The number of anilines is 3. The summed E-state index contributed by atoms with van der Waals surface area (Å²) in [6.45, 7) is 1.41. The second-order valence-electron chi connectivity index (χ2n) is 6.12. The average molecular weight is 412 g/mol. The molecule has 7 nitrogen and oxygen atoms in total. The van der Waals surface area contributed by atoms with Gasteiger partial charge in [0, 0.05) is 14.0 Å². The number of benzene rings is 2. The Morgan fingerprint density at radius 3 is 2.54 bits per heavy atom. The highest BCUT2D eigenvalue weighted by Gasteiger charge is 2.40. The first-order valence-electron chi connectivity index (χ1n) is 8.39. The number of carbonyl (C=O) groups is 2. The third kappa shape index (κ3) is 3.19. The van der Waals surface area contributed by atoms with E-state index in [9.17, 15) is 9.59 Å². The standard InChI is InChI=1S/C19H16N4O3S2/c1-11(24)20-21-12-7-9-13(10-8-12)23-17(25)16(28-19(23)27)18-22(2)14-5-3-4-6-15(14)26-18/h3-10,21H,1-2H3,(H,20,24)/b18-16+. The number of thioether (sulfide) groups is 1. The van der Waals surface area contributed by atoms with E-state index in [-0.39, 0.29) is 11.8 Å². The first kappa shape index (κ1) is 18.3. The number of fused-ring (bicyclic) bond motifs is 1. The van der Waals surface area contributed by atoms with E-state index in [1.165, 1.54) is 23.6 Å². The average Bonchev–Trinajstić information content (AvgIpc) is 3.17. The van der Waals surface area contributed by atoms with Crippen LogP contribution in [0.1, 0.15) is 6.92 Å². The lowest BCUT2D eigenvalue weighted by atomic mass is 10.2. The monoisotopic (exact) mass is 412 g/mol. The summed E-state index contributed by atoms with van der Waals surface area (Å²) in [5.74, 6) is 0.755. The summed E-state index contributed by atoms with van der Waals surface area (Å²) < 4.78 is 6.34.